The Kier molecular flexibility index (Phi) is 3.48. The van der Waals surface area contributed by atoms with Crippen LogP contribution in [-0.4, -0.2) is 23.7 Å². The molecule has 1 heterocycles. The third-order valence-corrected chi connectivity index (χ3v) is 2.28. The molecule has 3 nitrogen and oxygen atoms in total. The van der Waals surface area contributed by atoms with Crippen molar-refractivity contribution in [3.8, 4) is 0 Å². The Labute approximate surface area is 70.1 Å². The van der Waals surface area contributed by atoms with Crippen LogP contribution in [-0.2, 0) is 0 Å². The lowest BCUT2D eigenvalue weighted by molar-refractivity contribution is 0.167. The standard InChI is InChI=1S/C7H12N2OS/c1-8-3-2-6(10)7-9-4-5-11-7/h4-6,8,10H,2-3H2,1H3. The number of hydrogen-bond acceptors (Lipinski definition) is 4. The molecule has 0 aliphatic heterocycles. The highest BCUT2D eigenvalue weighted by atomic mass is 32.1. The zero-order valence-corrected chi connectivity index (χ0v) is 7.27. The lowest BCUT2D eigenvalue weighted by Crippen LogP contribution is -2.11. The number of hydrogen-bond donors (Lipinski definition) is 2. The van der Waals surface area contributed by atoms with E-state index in [0.29, 0.717) is 0 Å². The summed E-state index contributed by atoms with van der Waals surface area (Å²) in [4.78, 5) is 4.01. The number of aromatic nitrogens is 1. The first-order valence-corrected chi connectivity index (χ1v) is 4.44. The quantitative estimate of drug-likeness (QED) is 0.705. The minimum Gasteiger partial charge on any atom is -0.386 e. The fourth-order valence-corrected chi connectivity index (χ4v) is 1.46. The smallest absolute Gasteiger partial charge is 0.121 e. The summed E-state index contributed by atoms with van der Waals surface area (Å²) < 4.78 is 0. The van der Waals surface area contributed by atoms with Crippen molar-refractivity contribution in [3.63, 3.8) is 0 Å². The van der Waals surface area contributed by atoms with Crippen molar-refractivity contribution in [1.82, 2.24) is 10.3 Å². The normalized spacial score (nSPS) is 13.3. The van der Waals surface area contributed by atoms with Gasteiger partial charge in [0.05, 0.1) is 0 Å². The van der Waals surface area contributed by atoms with Crippen molar-refractivity contribution in [3.05, 3.63) is 16.6 Å². The Morgan fingerprint density at radius 2 is 2.64 bits per heavy atom. The van der Waals surface area contributed by atoms with Crippen LogP contribution >= 0.6 is 11.3 Å². The number of aliphatic hydroxyl groups excluding tert-OH is 1. The van der Waals surface area contributed by atoms with Gasteiger partial charge >= 0.3 is 0 Å². The van der Waals surface area contributed by atoms with Crippen LogP contribution in [0.3, 0.4) is 0 Å². The molecular weight excluding hydrogens is 160 g/mol. The second-order valence-electron chi connectivity index (χ2n) is 2.28. The van der Waals surface area contributed by atoms with Gasteiger partial charge in [-0.15, -0.1) is 11.3 Å². The van der Waals surface area contributed by atoms with E-state index in [9.17, 15) is 5.11 Å². The van der Waals surface area contributed by atoms with Crippen molar-refractivity contribution in [1.29, 1.82) is 0 Å². The van der Waals surface area contributed by atoms with E-state index < -0.39 is 6.10 Å². The average Bonchev–Trinajstić information content (AvgIpc) is 2.52. The van der Waals surface area contributed by atoms with Crippen LogP contribution in [0.15, 0.2) is 11.6 Å². The van der Waals surface area contributed by atoms with Crippen molar-refractivity contribution >= 4 is 11.3 Å². The molecule has 1 aromatic rings. The van der Waals surface area contributed by atoms with E-state index in [-0.39, 0.29) is 0 Å². The van der Waals surface area contributed by atoms with E-state index in [2.05, 4.69) is 10.3 Å². The van der Waals surface area contributed by atoms with Crippen LogP contribution in [0.5, 0.6) is 0 Å². The molecule has 0 radical (unpaired) electrons. The highest BCUT2D eigenvalue weighted by Gasteiger charge is 2.07. The molecule has 1 atom stereocenters. The van der Waals surface area contributed by atoms with Gasteiger partial charge in [-0.05, 0) is 20.0 Å². The second kappa shape index (κ2) is 4.43. The summed E-state index contributed by atoms with van der Waals surface area (Å²) in [7, 11) is 1.87. The maximum atomic E-state index is 9.45. The van der Waals surface area contributed by atoms with Gasteiger partial charge in [0.15, 0.2) is 0 Å². The maximum Gasteiger partial charge on any atom is 0.121 e. The topological polar surface area (TPSA) is 45.1 Å². The summed E-state index contributed by atoms with van der Waals surface area (Å²) in [6.07, 6.45) is 2.04. The van der Waals surface area contributed by atoms with Crippen LogP contribution in [0.25, 0.3) is 0 Å². The molecule has 0 bridgehead atoms. The number of nitrogens with one attached hydrogen (secondary N) is 1. The van der Waals surface area contributed by atoms with E-state index in [1.54, 1.807) is 6.20 Å². The van der Waals surface area contributed by atoms with E-state index in [4.69, 9.17) is 0 Å². The number of nitrogens with zero attached hydrogens (tertiary/aromatic N) is 1. The number of aliphatic hydroxyl groups is 1. The molecule has 0 aromatic carbocycles. The fraction of sp³-hybridized carbons (Fsp3) is 0.571. The van der Waals surface area contributed by atoms with Crippen molar-refractivity contribution in [2.75, 3.05) is 13.6 Å². The zero-order chi connectivity index (χ0) is 8.10. The first-order chi connectivity index (χ1) is 5.34. The van der Waals surface area contributed by atoms with E-state index >= 15 is 0 Å². The van der Waals surface area contributed by atoms with Gasteiger partial charge in [0, 0.05) is 11.6 Å². The molecule has 2 N–H and O–H groups in total. The highest BCUT2D eigenvalue weighted by molar-refractivity contribution is 7.09. The summed E-state index contributed by atoms with van der Waals surface area (Å²) in [6, 6.07) is 0. The van der Waals surface area contributed by atoms with Crippen LogP contribution < -0.4 is 5.32 Å². The molecule has 1 aromatic heterocycles. The van der Waals surface area contributed by atoms with Gasteiger partial charge < -0.3 is 10.4 Å². The molecule has 11 heavy (non-hydrogen) atoms. The lowest BCUT2D eigenvalue weighted by Gasteiger charge is -2.05. The summed E-state index contributed by atoms with van der Waals surface area (Å²) in [5, 5.41) is 15.1. The molecule has 1 unspecified atom stereocenters. The van der Waals surface area contributed by atoms with Gasteiger partial charge in [0.25, 0.3) is 0 Å². The number of thiazole rings is 1. The Morgan fingerprint density at radius 3 is 3.18 bits per heavy atom. The summed E-state index contributed by atoms with van der Waals surface area (Å²) >= 11 is 1.49. The van der Waals surface area contributed by atoms with Crippen LogP contribution in [0.2, 0.25) is 0 Å². The Bertz CT molecular complexity index is 188. The first-order valence-electron chi connectivity index (χ1n) is 3.56. The largest absolute Gasteiger partial charge is 0.386 e. The number of rotatable bonds is 4. The Hall–Kier alpha value is -0.450. The fourth-order valence-electron chi connectivity index (χ4n) is 0.804. The summed E-state index contributed by atoms with van der Waals surface area (Å²) in [5.74, 6) is 0. The molecule has 0 amide bonds. The second-order valence-corrected chi connectivity index (χ2v) is 3.20. The van der Waals surface area contributed by atoms with E-state index in [0.717, 1.165) is 18.0 Å². The summed E-state index contributed by atoms with van der Waals surface area (Å²) in [6.45, 7) is 0.820. The summed E-state index contributed by atoms with van der Waals surface area (Å²) in [5.41, 5.74) is 0. The third-order valence-electron chi connectivity index (χ3n) is 1.40. The van der Waals surface area contributed by atoms with Gasteiger partial charge in [-0.3, -0.25) is 0 Å². The molecule has 1 rings (SSSR count). The highest BCUT2D eigenvalue weighted by Crippen LogP contribution is 2.17. The lowest BCUT2D eigenvalue weighted by atomic mass is 10.3. The minimum absolute atomic E-state index is 0.401. The molecule has 0 saturated heterocycles. The SMILES string of the molecule is CNCCC(O)c1nccs1. The molecule has 0 aliphatic rings. The predicted octanol–water partition coefficient (Wildman–Crippen LogP) is 0.786. The van der Waals surface area contributed by atoms with Crippen molar-refractivity contribution in [2.24, 2.45) is 0 Å². The molecule has 4 heteroatoms. The van der Waals surface area contributed by atoms with Gasteiger partial charge in [-0.2, -0.15) is 0 Å². The van der Waals surface area contributed by atoms with Crippen LogP contribution in [0.4, 0.5) is 0 Å². The predicted molar refractivity (Wildman–Crippen MR) is 45.6 cm³/mol. The minimum atomic E-state index is -0.401. The van der Waals surface area contributed by atoms with Crippen LogP contribution in [0, 0.1) is 0 Å². The van der Waals surface area contributed by atoms with Gasteiger partial charge in [0.2, 0.25) is 0 Å². The zero-order valence-electron chi connectivity index (χ0n) is 6.45. The van der Waals surface area contributed by atoms with Gasteiger partial charge in [0.1, 0.15) is 11.1 Å². The first kappa shape index (κ1) is 8.64. The third kappa shape index (κ3) is 2.57. The Balaban J connectivity index is 2.36. The van der Waals surface area contributed by atoms with Gasteiger partial charge in [-0.1, -0.05) is 0 Å². The van der Waals surface area contributed by atoms with Gasteiger partial charge in [-0.25, -0.2) is 4.98 Å². The molecular formula is C7H12N2OS. The molecule has 0 saturated carbocycles. The average molecular weight is 172 g/mol. The van der Waals surface area contributed by atoms with Crippen LogP contribution in [0.1, 0.15) is 17.5 Å². The molecule has 0 fully saturated rings. The molecule has 0 aliphatic carbocycles. The van der Waals surface area contributed by atoms with Crippen molar-refractivity contribution < 1.29 is 5.11 Å². The van der Waals surface area contributed by atoms with E-state index in [1.807, 2.05) is 12.4 Å². The monoisotopic (exact) mass is 172 g/mol. The molecule has 62 valence electrons. The van der Waals surface area contributed by atoms with E-state index in [1.165, 1.54) is 11.3 Å². The Morgan fingerprint density at radius 1 is 1.82 bits per heavy atom. The molecule has 0 spiro atoms. The maximum absolute atomic E-state index is 9.45. The van der Waals surface area contributed by atoms with Crippen molar-refractivity contribution in [2.45, 2.75) is 12.5 Å².